The maximum absolute atomic E-state index is 10.8. The van der Waals surface area contributed by atoms with Crippen LogP contribution >= 0.6 is 0 Å². The second kappa shape index (κ2) is 24.0. The summed E-state index contributed by atoms with van der Waals surface area (Å²) in [6.45, 7) is 8.43. The molecule has 0 bridgehead atoms. The number of nitrogens with zero attached hydrogens (tertiary/aromatic N) is 2. The van der Waals surface area contributed by atoms with Crippen molar-refractivity contribution in [2.45, 2.75) is 13.8 Å². The molecule has 0 aromatic carbocycles. The van der Waals surface area contributed by atoms with Gasteiger partial charge in [-0.15, -0.1) is 11.5 Å². The molecule has 0 aliphatic carbocycles. The Morgan fingerprint density at radius 1 is 0.630 bits per heavy atom. The molecule has 0 spiro atoms. The average molecular weight is 464 g/mol. The molecule has 0 aromatic rings. The van der Waals surface area contributed by atoms with Gasteiger partial charge < -0.3 is 39.0 Å². The summed E-state index contributed by atoms with van der Waals surface area (Å²) in [6, 6.07) is 0. The molecule has 0 rings (SSSR count). The summed E-state index contributed by atoms with van der Waals surface area (Å²) < 4.78 is 19.7. The van der Waals surface area contributed by atoms with Gasteiger partial charge in [-0.1, -0.05) is 13.8 Å². The molecule has 0 N–H and O–H groups in total. The van der Waals surface area contributed by atoms with Gasteiger partial charge in [-0.2, -0.15) is 0 Å². The Hall–Kier alpha value is 0.000519. The van der Waals surface area contributed by atoms with Gasteiger partial charge in [0.15, 0.2) is 0 Å². The molecule has 0 unspecified atom stereocenters. The van der Waals surface area contributed by atoms with Crippen LogP contribution in [0.15, 0.2) is 23.9 Å². The van der Waals surface area contributed by atoms with Crippen LogP contribution in [0, 0.1) is 0 Å². The summed E-state index contributed by atoms with van der Waals surface area (Å²) in [4.78, 5) is 3.80. The Bertz CT molecular complexity index is 312. The number of allylic oxidation sites excluding steroid dienone is 2. The van der Waals surface area contributed by atoms with Crippen molar-refractivity contribution in [3.05, 3.63) is 23.9 Å². The van der Waals surface area contributed by atoms with E-state index in [2.05, 4.69) is 0 Å². The van der Waals surface area contributed by atoms with E-state index in [1.807, 2.05) is 9.80 Å². The van der Waals surface area contributed by atoms with Crippen LogP contribution in [-0.2, 0) is 18.9 Å². The third-order valence-corrected chi connectivity index (χ3v) is 3.06. The second-order valence-electron chi connectivity index (χ2n) is 5.52. The molecule has 0 fully saturated rings. The normalized spacial score (nSPS) is 11.3. The molecule has 0 atom stereocenters. The fraction of sp³-hybridized carbons (Fsp3) is 0.778. The monoisotopic (exact) mass is 464 g/mol. The smallest absolute Gasteiger partial charge is 0.875 e. The zero-order valence-corrected chi connectivity index (χ0v) is 21.3. The number of hydrogen-bond donors (Lipinski definition) is 0. The molecule has 156 valence electrons. The van der Waals surface area contributed by atoms with Crippen molar-refractivity contribution in [1.82, 2.24) is 9.80 Å². The molecule has 0 amide bonds. The zero-order chi connectivity index (χ0) is 20.2. The molecular weight excluding hydrogens is 428 g/mol. The van der Waals surface area contributed by atoms with E-state index in [4.69, 9.17) is 18.9 Å². The number of hydrogen-bond acceptors (Lipinski definition) is 8. The van der Waals surface area contributed by atoms with Gasteiger partial charge in [0.05, 0.1) is 26.4 Å². The van der Waals surface area contributed by atoms with Crippen LogP contribution in [0.3, 0.4) is 0 Å². The van der Waals surface area contributed by atoms with E-state index in [0.29, 0.717) is 26.4 Å². The summed E-state index contributed by atoms with van der Waals surface area (Å²) in [6.07, 6.45) is 3.16. The minimum atomic E-state index is 0. The van der Waals surface area contributed by atoms with Gasteiger partial charge in [-0.05, 0) is 12.4 Å². The first kappa shape index (κ1) is 31.7. The molecule has 0 aliphatic rings. The van der Waals surface area contributed by atoms with E-state index in [0.717, 1.165) is 26.2 Å². The zero-order valence-electron chi connectivity index (χ0n) is 17.9. The van der Waals surface area contributed by atoms with Crippen molar-refractivity contribution in [1.29, 1.82) is 0 Å². The summed E-state index contributed by atoms with van der Waals surface area (Å²) in [5.74, 6) is 0.0967. The molecule has 0 radical (unpaired) electrons. The molecule has 0 aliphatic heterocycles. The van der Waals surface area contributed by atoms with Crippen LogP contribution in [0.2, 0.25) is 0 Å². The van der Waals surface area contributed by atoms with E-state index >= 15 is 0 Å². The van der Waals surface area contributed by atoms with Gasteiger partial charge in [0, 0.05) is 54.6 Å². The molecule has 0 saturated carbocycles. The Labute approximate surface area is 202 Å². The summed E-state index contributed by atoms with van der Waals surface area (Å²) in [5, 5.41) is 21.6. The molecule has 0 heterocycles. The van der Waals surface area contributed by atoms with Gasteiger partial charge in [-0.3, -0.25) is 0 Å². The Balaban J connectivity index is -0.000000411. The summed E-state index contributed by atoms with van der Waals surface area (Å²) >= 11 is 0. The van der Waals surface area contributed by atoms with Gasteiger partial charge in [-0.25, -0.2) is 0 Å². The van der Waals surface area contributed by atoms with Gasteiger partial charge in [0.25, 0.3) is 0 Å². The molecule has 9 heteroatoms. The quantitative estimate of drug-likeness (QED) is 0.245. The van der Waals surface area contributed by atoms with E-state index < -0.39 is 0 Å². The second-order valence-corrected chi connectivity index (χ2v) is 5.52. The first-order valence-electron chi connectivity index (χ1n) is 8.55. The van der Waals surface area contributed by atoms with E-state index in [9.17, 15) is 10.2 Å². The first-order chi connectivity index (χ1) is 12.4. The Morgan fingerprint density at radius 3 is 1.00 bits per heavy atom. The van der Waals surface area contributed by atoms with Crippen LogP contribution in [-0.4, -0.2) is 136 Å². The van der Waals surface area contributed by atoms with Crippen LogP contribution in [0.1, 0.15) is 13.8 Å². The van der Waals surface area contributed by atoms with Crippen molar-refractivity contribution >= 4 is 45.5 Å². The predicted molar refractivity (Wildman–Crippen MR) is 104 cm³/mol. The van der Waals surface area contributed by atoms with E-state index in [-0.39, 0.29) is 57.0 Å². The predicted octanol–water partition coefficient (Wildman–Crippen LogP) is -0.775. The SMILES string of the molecule is COCCN(/C=C(/C)[O-])CCOC.COCCN(/C=C(/C)[O-])CCOC.[Sr+2]. The Kier molecular flexibility index (Phi) is 28.2. The number of rotatable bonds is 14. The minimum absolute atomic E-state index is 0. The van der Waals surface area contributed by atoms with Crippen molar-refractivity contribution < 1.29 is 29.2 Å². The molecule has 0 saturated heterocycles. The fourth-order valence-corrected chi connectivity index (χ4v) is 1.83. The van der Waals surface area contributed by atoms with Gasteiger partial charge >= 0.3 is 45.5 Å². The van der Waals surface area contributed by atoms with Gasteiger partial charge in [0.2, 0.25) is 0 Å². The number of ether oxygens (including phenoxy) is 4. The van der Waals surface area contributed by atoms with Crippen LogP contribution in [0.5, 0.6) is 0 Å². The van der Waals surface area contributed by atoms with E-state index in [1.54, 1.807) is 40.8 Å². The van der Waals surface area contributed by atoms with Crippen LogP contribution in [0.4, 0.5) is 0 Å². The number of methoxy groups -OCH3 is 4. The minimum Gasteiger partial charge on any atom is -0.875 e. The Morgan fingerprint density at radius 2 is 0.852 bits per heavy atom. The first-order valence-corrected chi connectivity index (χ1v) is 8.55. The fourth-order valence-electron chi connectivity index (χ4n) is 1.83. The van der Waals surface area contributed by atoms with Crippen molar-refractivity contribution in [3.8, 4) is 0 Å². The third kappa shape index (κ3) is 26.0. The molecule has 27 heavy (non-hydrogen) atoms. The van der Waals surface area contributed by atoms with Crippen molar-refractivity contribution in [2.75, 3.05) is 81.0 Å². The van der Waals surface area contributed by atoms with Crippen LogP contribution in [0.25, 0.3) is 0 Å². The topological polar surface area (TPSA) is 89.5 Å². The van der Waals surface area contributed by atoms with Crippen LogP contribution < -0.4 is 10.2 Å². The third-order valence-electron chi connectivity index (χ3n) is 3.06. The standard InChI is InChI=1S/2C9H19NO3.Sr/c2*1-9(11)8-10(4-6-12-2)5-7-13-3;/h2*8,11H,4-7H2,1-3H3;/q;;+2/p-2/b2*9-8-;. The van der Waals surface area contributed by atoms with Crippen molar-refractivity contribution in [3.63, 3.8) is 0 Å². The summed E-state index contributed by atoms with van der Waals surface area (Å²) in [7, 11) is 6.56. The van der Waals surface area contributed by atoms with E-state index in [1.165, 1.54) is 13.8 Å². The largest absolute Gasteiger partial charge is 2.00 e. The maximum Gasteiger partial charge on any atom is 2.00 e. The average Bonchev–Trinajstić information content (AvgIpc) is 2.59. The molecule has 8 nitrogen and oxygen atoms in total. The van der Waals surface area contributed by atoms with Crippen molar-refractivity contribution in [2.24, 2.45) is 0 Å². The molecule has 0 aromatic heterocycles. The van der Waals surface area contributed by atoms with Gasteiger partial charge in [0.1, 0.15) is 0 Å². The maximum atomic E-state index is 10.8. The summed E-state index contributed by atoms with van der Waals surface area (Å²) in [5.41, 5.74) is 0. The molecular formula is C18H36N2O6Sr.